The van der Waals surface area contributed by atoms with Crippen LogP contribution in [-0.4, -0.2) is 61.0 Å². The molecule has 6 nitrogen and oxygen atoms in total. The lowest BCUT2D eigenvalue weighted by Crippen LogP contribution is -2.43. The molecule has 2 aromatic rings. The topological polar surface area (TPSA) is 61.9 Å². The van der Waals surface area contributed by atoms with Crippen LogP contribution in [0.2, 0.25) is 0 Å². The van der Waals surface area contributed by atoms with E-state index in [1.54, 1.807) is 0 Å². The monoisotopic (exact) mass is 419 g/mol. The van der Waals surface area contributed by atoms with E-state index >= 15 is 0 Å². The molecule has 6 heteroatoms. The predicted molar refractivity (Wildman–Crippen MR) is 122 cm³/mol. The number of amides is 2. The molecule has 31 heavy (non-hydrogen) atoms. The number of ether oxygens (including phenoxy) is 1. The van der Waals surface area contributed by atoms with Gasteiger partial charge >= 0.3 is 0 Å². The number of morpholine rings is 1. The Hall–Kier alpha value is -2.96. The maximum Gasteiger partial charge on any atom is 0.278 e. The standard InChI is InChI=1S/C25H29N3O3/c1-17-5-8-20(9-6-17)22-23(26-21-16-18(2)4-7-19(21)3)25(30)28(24(22)29)11-10-27-12-14-31-15-13-27/h4-9,16,26H,10-15H2,1-3H3. The Balaban J connectivity index is 1.65. The Morgan fingerprint density at radius 2 is 1.55 bits per heavy atom. The van der Waals surface area contributed by atoms with Gasteiger partial charge in [-0.1, -0.05) is 42.0 Å². The van der Waals surface area contributed by atoms with Crippen molar-refractivity contribution in [3.05, 3.63) is 70.4 Å². The van der Waals surface area contributed by atoms with Crippen molar-refractivity contribution in [3.63, 3.8) is 0 Å². The number of benzene rings is 2. The maximum atomic E-state index is 13.4. The zero-order chi connectivity index (χ0) is 22.0. The predicted octanol–water partition coefficient (Wildman–Crippen LogP) is 3.14. The van der Waals surface area contributed by atoms with Crippen molar-refractivity contribution < 1.29 is 14.3 Å². The van der Waals surface area contributed by atoms with Crippen LogP contribution in [-0.2, 0) is 14.3 Å². The van der Waals surface area contributed by atoms with Gasteiger partial charge in [0.15, 0.2) is 0 Å². The van der Waals surface area contributed by atoms with E-state index in [-0.39, 0.29) is 11.8 Å². The highest BCUT2D eigenvalue weighted by Crippen LogP contribution is 2.31. The zero-order valence-electron chi connectivity index (χ0n) is 18.4. The van der Waals surface area contributed by atoms with Crippen molar-refractivity contribution in [2.45, 2.75) is 20.8 Å². The minimum atomic E-state index is -0.269. The molecule has 2 aliphatic rings. The molecule has 2 aromatic carbocycles. The Kier molecular flexibility index (Phi) is 6.20. The molecule has 0 unspecified atom stereocenters. The molecule has 0 atom stereocenters. The average molecular weight is 420 g/mol. The van der Waals surface area contributed by atoms with E-state index in [9.17, 15) is 9.59 Å². The van der Waals surface area contributed by atoms with Crippen LogP contribution in [0.5, 0.6) is 0 Å². The van der Waals surface area contributed by atoms with Gasteiger partial charge < -0.3 is 10.1 Å². The van der Waals surface area contributed by atoms with Gasteiger partial charge in [0.2, 0.25) is 0 Å². The molecule has 1 fully saturated rings. The molecule has 2 heterocycles. The summed E-state index contributed by atoms with van der Waals surface area (Å²) in [7, 11) is 0. The molecule has 0 spiro atoms. The van der Waals surface area contributed by atoms with Crippen molar-refractivity contribution in [1.29, 1.82) is 0 Å². The van der Waals surface area contributed by atoms with E-state index in [2.05, 4.69) is 10.2 Å². The summed E-state index contributed by atoms with van der Waals surface area (Å²) in [6, 6.07) is 13.8. The highest BCUT2D eigenvalue weighted by atomic mass is 16.5. The van der Waals surface area contributed by atoms with Gasteiger partial charge in [-0.05, 0) is 43.5 Å². The molecular weight excluding hydrogens is 390 g/mol. The Morgan fingerprint density at radius 1 is 0.871 bits per heavy atom. The molecule has 0 aromatic heterocycles. The SMILES string of the molecule is Cc1ccc(C2=C(Nc3cc(C)ccc3C)C(=O)N(CCN3CCOCC3)C2=O)cc1. The zero-order valence-corrected chi connectivity index (χ0v) is 18.4. The fraction of sp³-hybridized carbons (Fsp3) is 0.360. The second kappa shape index (κ2) is 9.04. The number of carbonyl (C=O) groups excluding carboxylic acids is 2. The fourth-order valence-electron chi connectivity index (χ4n) is 3.95. The lowest BCUT2D eigenvalue weighted by atomic mass is 10.0. The van der Waals surface area contributed by atoms with Gasteiger partial charge in [-0.2, -0.15) is 0 Å². The number of carbonyl (C=O) groups is 2. The van der Waals surface area contributed by atoms with Gasteiger partial charge in [-0.15, -0.1) is 0 Å². The van der Waals surface area contributed by atoms with Gasteiger partial charge in [0.05, 0.1) is 18.8 Å². The molecule has 2 aliphatic heterocycles. The highest BCUT2D eigenvalue weighted by Gasteiger charge is 2.39. The van der Waals surface area contributed by atoms with Crippen LogP contribution in [0.25, 0.3) is 5.57 Å². The summed E-state index contributed by atoms with van der Waals surface area (Å²) in [5, 5.41) is 3.30. The lowest BCUT2D eigenvalue weighted by Gasteiger charge is -2.28. The first kappa shape index (κ1) is 21.3. The summed E-state index contributed by atoms with van der Waals surface area (Å²) in [4.78, 5) is 30.4. The van der Waals surface area contributed by atoms with Crippen LogP contribution in [0.15, 0.2) is 48.2 Å². The minimum absolute atomic E-state index is 0.241. The minimum Gasteiger partial charge on any atom is -0.379 e. The van der Waals surface area contributed by atoms with Gasteiger partial charge in [0, 0.05) is 31.9 Å². The number of anilines is 1. The third-order valence-corrected chi connectivity index (χ3v) is 5.90. The molecule has 0 bridgehead atoms. The second-order valence-corrected chi connectivity index (χ2v) is 8.28. The Labute approximate surface area is 183 Å². The van der Waals surface area contributed by atoms with E-state index in [1.807, 2.05) is 63.2 Å². The van der Waals surface area contributed by atoms with Crippen molar-refractivity contribution in [3.8, 4) is 0 Å². The molecular formula is C25H29N3O3. The first-order chi connectivity index (χ1) is 14.9. The summed E-state index contributed by atoms with van der Waals surface area (Å²) in [5.74, 6) is -0.510. The van der Waals surface area contributed by atoms with Crippen LogP contribution in [0, 0.1) is 20.8 Å². The third-order valence-electron chi connectivity index (χ3n) is 5.90. The van der Waals surface area contributed by atoms with Crippen molar-refractivity contribution in [2.24, 2.45) is 0 Å². The van der Waals surface area contributed by atoms with E-state index in [0.717, 1.165) is 41.0 Å². The van der Waals surface area contributed by atoms with E-state index in [1.165, 1.54) is 4.90 Å². The maximum absolute atomic E-state index is 13.4. The number of nitrogens with zero attached hydrogens (tertiary/aromatic N) is 2. The van der Waals surface area contributed by atoms with Crippen molar-refractivity contribution in [2.75, 3.05) is 44.7 Å². The summed E-state index contributed by atoms with van der Waals surface area (Å²) in [6.45, 7) is 10.0. The molecule has 0 saturated carbocycles. The molecule has 4 rings (SSSR count). The van der Waals surface area contributed by atoms with E-state index in [4.69, 9.17) is 4.74 Å². The summed E-state index contributed by atoms with van der Waals surface area (Å²) >= 11 is 0. The summed E-state index contributed by atoms with van der Waals surface area (Å²) in [6.07, 6.45) is 0. The van der Waals surface area contributed by atoms with E-state index in [0.29, 0.717) is 37.6 Å². The quantitative estimate of drug-likeness (QED) is 0.729. The Bertz CT molecular complexity index is 1020. The molecule has 162 valence electrons. The van der Waals surface area contributed by atoms with Gasteiger partial charge in [-0.25, -0.2) is 0 Å². The molecule has 1 saturated heterocycles. The number of rotatable bonds is 6. The third kappa shape index (κ3) is 4.55. The van der Waals surface area contributed by atoms with E-state index < -0.39 is 0 Å². The lowest BCUT2D eigenvalue weighted by molar-refractivity contribution is -0.137. The number of hydrogen-bond donors (Lipinski definition) is 1. The number of aryl methyl sites for hydroxylation is 3. The van der Waals surface area contributed by atoms with Crippen LogP contribution in [0.1, 0.15) is 22.3 Å². The van der Waals surface area contributed by atoms with Crippen LogP contribution in [0.3, 0.4) is 0 Å². The molecule has 0 aliphatic carbocycles. The smallest absolute Gasteiger partial charge is 0.278 e. The van der Waals surface area contributed by atoms with Gasteiger partial charge in [0.25, 0.3) is 11.8 Å². The van der Waals surface area contributed by atoms with Crippen LogP contribution < -0.4 is 5.32 Å². The highest BCUT2D eigenvalue weighted by molar-refractivity contribution is 6.36. The fourth-order valence-corrected chi connectivity index (χ4v) is 3.95. The average Bonchev–Trinajstić information content (AvgIpc) is 3.00. The van der Waals surface area contributed by atoms with Crippen LogP contribution in [0.4, 0.5) is 5.69 Å². The summed E-state index contributed by atoms with van der Waals surface area (Å²) in [5.41, 5.74) is 5.60. The first-order valence-corrected chi connectivity index (χ1v) is 10.8. The molecule has 2 amide bonds. The number of imide groups is 1. The van der Waals surface area contributed by atoms with Crippen molar-refractivity contribution >= 4 is 23.1 Å². The first-order valence-electron chi connectivity index (χ1n) is 10.8. The van der Waals surface area contributed by atoms with Gasteiger partial charge in [0.1, 0.15) is 5.70 Å². The van der Waals surface area contributed by atoms with Gasteiger partial charge in [-0.3, -0.25) is 19.4 Å². The normalized spacial score (nSPS) is 17.6. The number of hydrogen-bond acceptors (Lipinski definition) is 5. The molecule has 1 N–H and O–H groups in total. The van der Waals surface area contributed by atoms with Crippen molar-refractivity contribution in [1.82, 2.24) is 9.80 Å². The summed E-state index contributed by atoms with van der Waals surface area (Å²) < 4.78 is 5.40. The Morgan fingerprint density at radius 3 is 2.26 bits per heavy atom. The molecule has 0 radical (unpaired) electrons. The number of nitrogens with one attached hydrogen (secondary N) is 1. The second-order valence-electron chi connectivity index (χ2n) is 8.28. The van der Waals surface area contributed by atoms with Crippen LogP contribution >= 0.6 is 0 Å². The largest absolute Gasteiger partial charge is 0.379 e.